The average molecular weight is 385 g/mol. The number of nitrogens with two attached hydrogens (primary N) is 1. The van der Waals surface area contributed by atoms with Crippen LogP contribution in [0.2, 0.25) is 10.0 Å². The van der Waals surface area contributed by atoms with Crippen LogP contribution in [0.3, 0.4) is 0 Å². The van der Waals surface area contributed by atoms with Gasteiger partial charge in [0.05, 0.1) is 10.7 Å². The summed E-state index contributed by atoms with van der Waals surface area (Å²) in [7, 11) is 0. The molecule has 21 heavy (non-hydrogen) atoms. The van der Waals surface area contributed by atoms with Gasteiger partial charge < -0.3 is 5.73 Å². The average Bonchev–Trinajstić information content (AvgIpc) is 2.93. The number of aromatic nitrogens is 4. The summed E-state index contributed by atoms with van der Waals surface area (Å²) in [6, 6.07) is 10.5. The number of anilines is 1. The fraction of sp³-hybridized carbons (Fsp3) is 0. The Morgan fingerprint density at radius 1 is 1.10 bits per heavy atom. The summed E-state index contributed by atoms with van der Waals surface area (Å²) in [5.41, 5.74) is 7.80. The summed E-state index contributed by atoms with van der Waals surface area (Å²) in [5, 5.41) is 12.8. The van der Waals surface area contributed by atoms with E-state index in [9.17, 15) is 0 Å². The van der Waals surface area contributed by atoms with Crippen molar-refractivity contribution in [2.75, 3.05) is 5.73 Å². The van der Waals surface area contributed by atoms with Crippen molar-refractivity contribution in [2.24, 2.45) is 0 Å². The first-order valence-corrected chi connectivity index (χ1v) is 7.40. The SMILES string of the molecule is Nc1ccc(Cl)cc1-c1nnnn1-c1cc(Br)ccc1Cl. The second-order valence-corrected chi connectivity index (χ2v) is 6.00. The molecule has 0 aliphatic carbocycles. The molecule has 0 radical (unpaired) electrons. The zero-order valence-electron chi connectivity index (χ0n) is 10.5. The van der Waals surface area contributed by atoms with Gasteiger partial charge in [-0.25, -0.2) is 0 Å². The van der Waals surface area contributed by atoms with E-state index in [0.717, 1.165) is 4.47 Å². The lowest BCUT2D eigenvalue weighted by molar-refractivity contribution is 0.791. The van der Waals surface area contributed by atoms with Gasteiger partial charge in [0.2, 0.25) is 0 Å². The highest BCUT2D eigenvalue weighted by Gasteiger charge is 2.16. The first kappa shape index (κ1) is 14.3. The Kier molecular flexibility index (Phi) is 3.84. The van der Waals surface area contributed by atoms with Crippen molar-refractivity contribution in [3.63, 3.8) is 0 Å². The van der Waals surface area contributed by atoms with Crippen molar-refractivity contribution in [3.8, 4) is 17.1 Å². The normalized spacial score (nSPS) is 10.8. The quantitative estimate of drug-likeness (QED) is 0.678. The molecule has 3 rings (SSSR count). The van der Waals surface area contributed by atoms with Crippen LogP contribution in [0.4, 0.5) is 5.69 Å². The molecular weight excluding hydrogens is 377 g/mol. The molecule has 0 saturated heterocycles. The first-order chi connectivity index (χ1) is 10.1. The van der Waals surface area contributed by atoms with E-state index in [1.165, 1.54) is 4.68 Å². The molecular formula is C13H8BrCl2N5. The zero-order chi connectivity index (χ0) is 15.0. The van der Waals surface area contributed by atoms with Crippen LogP contribution in [-0.2, 0) is 0 Å². The van der Waals surface area contributed by atoms with E-state index in [0.29, 0.717) is 32.8 Å². The summed E-state index contributed by atoms with van der Waals surface area (Å²) >= 11 is 15.6. The molecule has 0 spiro atoms. The summed E-state index contributed by atoms with van der Waals surface area (Å²) in [6.45, 7) is 0. The number of nitrogens with zero attached hydrogens (tertiary/aromatic N) is 4. The molecule has 0 saturated carbocycles. The largest absolute Gasteiger partial charge is 0.398 e. The summed E-state index contributed by atoms with van der Waals surface area (Å²) in [4.78, 5) is 0. The number of hydrogen-bond acceptors (Lipinski definition) is 4. The Hall–Kier alpha value is -1.63. The molecule has 5 nitrogen and oxygen atoms in total. The van der Waals surface area contributed by atoms with Gasteiger partial charge in [-0.05, 0) is 46.8 Å². The van der Waals surface area contributed by atoms with Crippen LogP contribution < -0.4 is 5.73 Å². The molecule has 0 unspecified atom stereocenters. The standard InChI is InChI=1S/C13H8BrCl2N5/c14-7-1-3-10(16)12(5-7)21-13(18-19-20-21)9-6-8(15)2-4-11(9)17/h1-6H,17H2. The van der Waals surface area contributed by atoms with Gasteiger partial charge in [-0.2, -0.15) is 4.68 Å². The van der Waals surface area contributed by atoms with Crippen LogP contribution in [0, 0.1) is 0 Å². The van der Waals surface area contributed by atoms with E-state index in [-0.39, 0.29) is 0 Å². The fourth-order valence-corrected chi connectivity index (χ4v) is 2.61. The van der Waals surface area contributed by atoms with Gasteiger partial charge in [0.15, 0.2) is 5.82 Å². The van der Waals surface area contributed by atoms with E-state index in [2.05, 4.69) is 31.5 Å². The maximum Gasteiger partial charge on any atom is 0.189 e. The molecule has 106 valence electrons. The van der Waals surface area contributed by atoms with Crippen molar-refractivity contribution < 1.29 is 0 Å². The smallest absolute Gasteiger partial charge is 0.189 e. The highest BCUT2D eigenvalue weighted by molar-refractivity contribution is 9.10. The number of benzene rings is 2. The van der Waals surface area contributed by atoms with Crippen LogP contribution in [0.5, 0.6) is 0 Å². The van der Waals surface area contributed by atoms with Crippen LogP contribution in [-0.4, -0.2) is 20.2 Å². The molecule has 2 aromatic carbocycles. The molecule has 0 aliphatic heterocycles. The highest BCUT2D eigenvalue weighted by atomic mass is 79.9. The minimum atomic E-state index is 0.468. The number of nitrogen functional groups attached to an aromatic ring is 1. The maximum atomic E-state index is 6.22. The predicted octanol–water partition coefficient (Wildman–Crippen LogP) is 3.98. The zero-order valence-corrected chi connectivity index (χ0v) is 13.6. The second-order valence-electron chi connectivity index (χ2n) is 4.24. The number of rotatable bonds is 2. The molecule has 8 heteroatoms. The Labute approximate surface area is 138 Å². The lowest BCUT2D eigenvalue weighted by Gasteiger charge is -2.09. The van der Waals surface area contributed by atoms with Gasteiger partial charge in [-0.3, -0.25) is 0 Å². The topological polar surface area (TPSA) is 69.6 Å². The van der Waals surface area contributed by atoms with Gasteiger partial charge in [0.25, 0.3) is 0 Å². The van der Waals surface area contributed by atoms with E-state index < -0.39 is 0 Å². The third-order valence-electron chi connectivity index (χ3n) is 2.86. The number of halogens is 3. The van der Waals surface area contributed by atoms with Gasteiger partial charge in [-0.1, -0.05) is 39.1 Å². The Morgan fingerprint density at radius 3 is 2.71 bits per heavy atom. The van der Waals surface area contributed by atoms with E-state index in [1.807, 2.05) is 12.1 Å². The van der Waals surface area contributed by atoms with Crippen molar-refractivity contribution in [1.82, 2.24) is 20.2 Å². The third-order valence-corrected chi connectivity index (χ3v) is 3.91. The molecule has 1 heterocycles. The fourth-order valence-electron chi connectivity index (χ4n) is 1.89. The predicted molar refractivity (Wildman–Crippen MR) is 86.7 cm³/mol. The molecule has 0 bridgehead atoms. The van der Waals surface area contributed by atoms with E-state index in [4.69, 9.17) is 28.9 Å². The molecule has 0 amide bonds. The Bertz CT molecular complexity index is 752. The summed E-state index contributed by atoms with van der Waals surface area (Å²) < 4.78 is 2.39. The third kappa shape index (κ3) is 2.74. The summed E-state index contributed by atoms with van der Waals surface area (Å²) in [5.74, 6) is 0.468. The van der Waals surface area contributed by atoms with E-state index in [1.54, 1.807) is 24.3 Å². The summed E-state index contributed by atoms with van der Waals surface area (Å²) in [6.07, 6.45) is 0. The molecule has 0 atom stereocenters. The van der Waals surface area contributed by atoms with Gasteiger partial charge in [0, 0.05) is 20.7 Å². The molecule has 3 aromatic rings. The van der Waals surface area contributed by atoms with Crippen LogP contribution >= 0.6 is 39.1 Å². The Morgan fingerprint density at radius 2 is 1.90 bits per heavy atom. The van der Waals surface area contributed by atoms with Crippen molar-refractivity contribution in [3.05, 3.63) is 50.9 Å². The second kappa shape index (κ2) is 5.63. The van der Waals surface area contributed by atoms with Gasteiger partial charge in [0.1, 0.15) is 0 Å². The maximum absolute atomic E-state index is 6.22. The number of hydrogen-bond donors (Lipinski definition) is 1. The molecule has 0 aliphatic rings. The minimum absolute atomic E-state index is 0.468. The van der Waals surface area contributed by atoms with Crippen molar-refractivity contribution >= 4 is 44.8 Å². The van der Waals surface area contributed by atoms with Crippen LogP contribution in [0.1, 0.15) is 0 Å². The highest BCUT2D eigenvalue weighted by Crippen LogP contribution is 2.31. The molecule has 0 fully saturated rings. The van der Waals surface area contributed by atoms with E-state index >= 15 is 0 Å². The van der Waals surface area contributed by atoms with Crippen molar-refractivity contribution in [1.29, 1.82) is 0 Å². The lowest BCUT2D eigenvalue weighted by atomic mass is 10.1. The lowest BCUT2D eigenvalue weighted by Crippen LogP contribution is -2.02. The number of tetrazole rings is 1. The van der Waals surface area contributed by atoms with Crippen LogP contribution in [0.15, 0.2) is 40.9 Å². The van der Waals surface area contributed by atoms with Crippen LogP contribution in [0.25, 0.3) is 17.1 Å². The molecule has 2 N–H and O–H groups in total. The Balaban J connectivity index is 2.22. The first-order valence-electron chi connectivity index (χ1n) is 5.85. The van der Waals surface area contributed by atoms with Gasteiger partial charge in [-0.15, -0.1) is 5.10 Å². The monoisotopic (exact) mass is 383 g/mol. The van der Waals surface area contributed by atoms with Crippen molar-refractivity contribution in [2.45, 2.75) is 0 Å². The molecule has 1 aromatic heterocycles. The minimum Gasteiger partial charge on any atom is -0.398 e. The van der Waals surface area contributed by atoms with Gasteiger partial charge >= 0.3 is 0 Å².